The number of anilines is 1. The van der Waals surface area contributed by atoms with Crippen molar-refractivity contribution in [1.82, 2.24) is 0 Å². The van der Waals surface area contributed by atoms with Crippen LogP contribution in [0.15, 0.2) is 18.2 Å². The highest BCUT2D eigenvalue weighted by Crippen LogP contribution is 2.51. The molecule has 2 rings (SSSR count). The molecule has 0 aliphatic heterocycles. The molecule has 5 heteroatoms. The van der Waals surface area contributed by atoms with Crippen LogP contribution in [0.3, 0.4) is 0 Å². The largest absolute Gasteiger partial charge is 0.469 e. The quantitative estimate of drug-likeness (QED) is 0.645. The van der Waals surface area contributed by atoms with E-state index >= 15 is 0 Å². The first kappa shape index (κ1) is 14.5. The summed E-state index contributed by atoms with van der Waals surface area (Å²) in [5.74, 6) is 1.72. The predicted octanol–water partition coefficient (Wildman–Crippen LogP) is 3.50. The number of hydrogen-bond acceptors (Lipinski definition) is 4. The molecule has 2 N–H and O–H groups in total. The second kappa shape index (κ2) is 6.06. The molecule has 0 atom stereocenters. The van der Waals surface area contributed by atoms with Gasteiger partial charge in [0.15, 0.2) is 0 Å². The first-order chi connectivity index (χ1) is 9.04. The van der Waals surface area contributed by atoms with Crippen molar-refractivity contribution >= 4 is 35.0 Å². The molecular formula is C14H18ClNO2S. The van der Waals surface area contributed by atoms with Crippen molar-refractivity contribution in [3.8, 4) is 0 Å². The molecule has 0 unspecified atom stereocenters. The summed E-state index contributed by atoms with van der Waals surface area (Å²) in [5, 5.41) is 0.713. The molecule has 1 saturated carbocycles. The molecule has 1 fully saturated rings. The number of carbonyl (C=O) groups excluding carboxylic acids is 1. The van der Waals surface area contributed by atoms with Gasteiger partial charge in [0.2, 0.25) is 0 Å². The lowest BCUT2D eigenvalue weighted by Gasteiger charge is -2.13. The minimum absolute atomic E-state index is 0.108. The molecule has 0 saturated heterocycles. The fourth-order valence-electron chi connectivity index (χ4n) is 1.99. The highest BCUT2D eigenvalue weighted by Gasteiger charge is 2.44. The molecule has 1 aliphatic carbocycles. The number of methoxy groups -OCH3 is 1. The summed E-state index contributed by atoms with van der Waals surface area (Å²) in [4.78, 5) is 11.3. The summed E-state index contributed by atoms with van der Waals surface area (Å²) in [7, 11) is 1.44. The second-order valence-corrected chi connectivity index (χ2v) is 6.49. The van der Waals surface area contributed by atoms with Crippen LogP contribution in [0.5, 0.6) is 0 Å². The second-order valence-electron chi connectivity index (χ2n) is 5.10. The molecule has 3 nitrogen and oxygen atoms in total. The van der Waals surface area contributed by atoms with Gasteiger partial charge in [-0.3, -0.25) is 4.79 Å². The lowest BCUT2D eigenvalue weighted by atomic mass is 10.1. The van der Waals surface area contributed by atoms with E-state index in [0.29, 0.717) is 17.1 Å². The van der Waals surface area contributed by atoms with E-state index in [4.69, 9.17) is 22.1 Å². The van der Waals surface area contributed by atoms with Gasteiger partial charge in [0.25, 0.3) is 0 Å². The molecule has 1 aromatic rings. The average Bonchev–Trinajstić information content (AvgIpc) is 3.12. The van der Waals surface area contributed by atoms with Gasteiger partial charge in [-0.05, 0) is 41.7 Å². The van der Waals surface area contributed by atoms with Crippen LogP contribution in [-0.2, 0) is 15.3 Å². The van der Waals surface area contributed by atoms with Crippen molar-refractivity contribution in [2.75, 3.05) is 18.6 Å². The average molecular weight is 300 g/mol. The summed E-state index contributed by atoms with van der Waals surface area (Å²) in [6, 6.07) is 5.60. The Labute approximate surface area is 122 Å². The molecular weight excluding hydrogens is 282 g/mol. The van der Waals surface area contributed by atoms with Gasteiger partial charge in [-0.15, -0.1) is 0 Å². The zero-order chi connectivity index (χ0) is 13.9. The number of nitrogen functional groups attached to an aromatic ring is 1. The van der Waals surface area contributed by atoms with E-state index in [0.717, 1.165) is 29.9 Å². The van der Waals surface area contributed by atoms with Gasteiger partial charge in [0.05, 0.1) is 13.5 Å². The molecule has 0 radical (unpaired) electrons. The molecule has 19 heavy (non-hydrogen) atoms. The maximum atomic E-state index is 11.3. The van der Waals surface area contributed by atoms with Gasteiger partial charge in [0.1, 0.15) is 0 Å². The van der Waals surface area contributed by atoms with Gasteiger partial charge in [-0.25, -0.2) is 0 Å². The zero-order valence-electron chi connectivity index (χ0n) is 10.9. The number of ether oxygens (including phenoxy) is 1. The number of halogens is 1. The molecule has 0 bridgehead atoms. The van der Waals surface area contributed by atoms with Gasteiger partial charge in [-0.1, -0.05) is 17.7 Å². The maximum Gasteiger partial charge on any atom is 0.306 e. The first-order valence-electron chi connectivity index (χ1n) is 6.23. The van der Waals surface area contributed by atoms with E-state index in [2.05, 4.69) is 0 Å². The van der Waals surface area contributed by atoms with E-state index in [-0.39, 0.29) is 11.4 Å². The third kappa shape index (κ3) is 4.05. The Kier molecular flexibility index (Phi) is 4.63. The van der Waals surface area contributed by atoms with E-state index in [1.807, 2.05) is 23.9 Å². The van der Waals surface area contributed by atoms with Crippen LogP contribution in [0, 0.1) is 5.41 Å². The molecule has 1 aliphatic rings. The van der Waals surface area contributed by atoms with Crippen molar-refractivity contribution in [3.63, 3.8) is 0 Å². The molecule has 0 aromatic heterocycles. The maximum absolute atomic E-state index is 11.3. The molecule has 0 amide bonds. The lowest BCUT2D eigenvalue weighted by molar-refractivity contribution is -0.141. The van der Waals surface area contributed by atoms with Crippen molar-refractivity contribution in [2.24, 2.45) is 5.41 Å². The van der Waals surface area contributed by atoms with E-state index in [9.17, 15) is 4.79 Å². The zero-order valence-corrected chi connectivity index (χ0v) is 12.5. The Morgan fingerprint density at radius 2 is 2.26 bits per heavy atom. The third-order valence-corrected chi connectivity index (χ3v) is 5.13. The minimum atomic E-state index is -0.108. The fraction of sp³-hybridized carbons (Fsp3) is 0.500. The van der Waals surface area contributed by atoms with Gasteiger partial charge >= 0.3 is 5.97 Å². The highest BCUT2D eigenvalue weighted by atomic mass is 35.5. The van der Waals surface area contributed by atoms with Crippen molar-refractivity contribution < 1.29 is 9.53 Å². The summed E-state index contributed by atoms with van der Waals surface area (Å²) in [5.41, 5.74) is 7.60. The summed E-state index contributed by atoms with van der Waals surface area (Å²) < 4.78 is 4.74. The Morgan fingerprint density at radius 3 is 2.84 bits per heavy atom. The molecule has 104 valence electrons. The number of esters is 1. The highest BCUT2D eigenvalue weighted by molar-refractivity contribution is 7.98. The van der Waals surface area contributed by atoms with E-state index in [1.165, 1.54) is 7.11 Å². The van der Waals surface area contributed by atoms with Crippen LogP contribution in [-0.4, -0.2) is 18.8 Å². The normalized spacial score (nSPS) is 16.1. The van der Waals surface area contributed by atoms with E-state index in [1.54, 1.807) is 6.07 Å². The van der Waals surface area contributed by atoms with Gasteiger partial charge < -0.3 is 10.5 Å². The Morgan fingerprint density at radius 1 is 1.53 bits per heavy atom. The van der Waals surface area contributed by atoms with Crippen LogP contribution >= 0.6 is 23.4 Å². The SMILES string of the molecule is COC(=O)CC1(CSCc2ccc(N)cc2Cl)CC1. The monoisotopic (exact) mass is 299 g/mol. The molecule has 1 aromatic carbocycles. The Balaban J connectivity index is 1.82. The van der Waals surface area contributed by atoms with Crippen LogP contribution in [0.1, 0.15) is 24.8 Å². The lowest BCUT2D eigenvalue weighted by Crippen LogP contribution is -2.13. The van der Waals surface area contributed by atoms with Gasteiger partial charge in [-0.2, -0.15) is 11.8 Å². The van der Waals surface area contributed by atoms with Crippen molar-refractivity contribution in [3.05, 3.63) is 28.8 Å². The number of thioether (sulfide) groups is 1. The van der Waals surface area contributed by atoms with Crippen LogP contribution in [0.25, 0.3) is 0 Å². The van der Waals surface area contributed by atoms with Crippen molar-refractivity contribution in [2.45, 2.75) is 25.0 Å². The van der Waals surface area contributed by atoms with Gasteiger partial charge in [0, 0.05) is 16.5 Å². The van der Waals surface area contributed by atoms with Crippen LogP contribution in [0.4, 0.5) is 5.69 Å². The number of carbonyl (C=O) groups is 1. The smallest absolute Gasteiger partial charge is 0.306 e. The topological polar surface area (TPSA) is 52.3 Å². The number of benzene rings is 1. The number of rotatable bonds is 6. The summed E-state index contributed by atoms with van der Waals surface area (Å²) in [6.45, 7) is 0. The van der Waals surface area contributed by atoms with Crippen LogP contribution < -0.4 is 5.73 Å². The first-order valence-corrected chi connectivity index (χ1v) is 7.76. The number of hydrogen-bond donors (Lipinski definition) is 1. The predicted molar refractivity (Wildman–Crippen MR) is 80.3 cm³/mol. The summed E-state index contributed by atoms with van der Waals surface area (Å²) in [6.07, 6.45) is 2.76. The summed E-state index contributed by atoms with van der Waals surface area (Å²) >= 11 is 7.95. The van der Waals surface area contributed by atoms with Crippen LogP contribution in [0.2, 0.25) is 5.02 Å². The Hall–Kier alpha value is -0.870. The fourth-order valence-corrected chi connectivity index (χ4v) is 3.72. The Bertz CT molecular complexity index is 475. The molecule has 0 spiro atoms. The standard InChI is InChI=1S/C14H18ClNO2S/c1-18-13(17)7-14(4-5-14)9-19-8-10-2-3-11(16)6-12(10)15/h2-3,6H,4-5,7-9,16H2,1H3. The minimum Gasteiger partial charge on any atom is -0.469 e. The molecule has 0 heterocycles. The third-order valence-electron chi connectivity index (χ3n) is 3.45. The van der Waals surface area contributed by atoms with Crippen molar-refractivity contribution in [1.29, 1.82) is 0 Å². The van der Waals surface area contributed by atoms with E-state index < -0.39 is 0 Å². The number of nitrogens with two attached hydrogens (primary N) is 1.